The molecule has 0 aliphatic rings. The highest BCUT2D eigenvalue weighted by atomic mass is 32.2. The summed E-state index contributed by atoms with van der Waals surface area (Å²) in [5, 5.41) is 0.607. The van der Waals surface area contributed by atoms with Gasteiger partial charge in [-0.25, -0.2) is 13.4 Å². The van der Waals surface area contributed by atoms with E-state index in [1.54, 1.807) is 55.9 Å². The fourth-order valence-electron chi connectivity index (χ4n) is 2.41. The maximum atomic E-state index is 12.7. The minimum atomic E-state index is -3.70. The van der Waals surface area contributed by atoms with Gasteiger partial charge in [0.25, 0.3) is 10.0 Å². The van der Waals surface area contributed by atoms with Gasteiger partial charge in [0.1, 0.15) is 16.3 Å². The molecule has 1 aromatic carbocycles. The van der Waals surface area contributed by atoms with Crippen LogP contribution in [0.25, 0.3) is 11.0 Å². The van der Waals surface area contributed by atoms with E-state index < -0.39 is 10.0 Å². The Morgan fingerprint density at radius 1 is 1.22 bits per heavy atom. The van der Waals surface area contributed by atoms with E-state index in [4.69, 9.17) is 4.74 Å². The van der Waals surface area contributed by atoms with Crippen LogP contribution in [0.1, 0.15) is 6.92 Å². The van der Waals surface area contributed by atoms with E-state index in [0.29, 0.717) is 29.0 Å². The van der Waals surface area contributed by atoms with Crippen LogP contribution in [0, 0.1) is 0 Å². The van der Waals surface area contributed by atoms with Crippen LogP contribution in [-0.2, 0) is 16.6 Å². The lowest BCUT2D eigenvalue weighted by Gasteiger charge is -2.07. The lowest BCUT2D eigenvalue weighted by Crippen LogP contribution is -2.12. The van der Waals surface area contributed by atoms with E-state index in [0.717, 1.165) is 0 Å². The minimum Gasteiger partial charge on any atom is -0.497 e. The molecule has 0 unspecified atom stereocenters. The highest BCUT2D eigenvalue weighted by Gasteiger charge is 2.21. The van der Waals surface area contributed by atoms with Crippen LogP contribution in [0.4, 0.5) is 5.69 Å². The molecule has 0 saturated heterocycles. The van der Waals surface area contributed by atoms with E-state index in [1.165, 1.54) is 0 Å². The first kappa shape index (κ1) is 15.4. The van der Waals surface area contributed by atoms with Gasteiger partial charge < -0.3 is 9.30 Å². The smallest absolute Gasteiger partial charge is 0.264 e. The molecule has 0 radical (unpaired) electrons. The normalized spacial score (nSPS) is 11.6. The van der Waals surface area contributed by atoms with Crippen molar-refractivity contribution in [2.45, 2.75) is 18.4 Å². The van der Waals surface area contributed by atoms with Gasteiger partial charge in [0.05, 0.1) is 7.11 Å². The Hall–Kier alpha value is -2.54. The van der Waals surface area contributed by atoms with Crippen LogP contribution in [-0.4, -0.2) is 25.1 Å². The molecular formula is C16H17N3O3S. The standard InChI is InChI=1S/C16H17N3O3S/c1-3-19-11-15(14-5-4-10-17-16(14)19)23(20,21)18-12-6-8-13(22-2)9-7-12/h4-11,18H,3H2,1-2H3. The molecule has 3 rings (SSSR count). The zero-order valence-corrected chi connectivity index (χ0v) is 13.7. The van der Waals surface area contributed by atoms with Crippen molar-refractivity contribution in [3.63, 3.8) is 0 Å². The summed E-state index contributed by atoms with van der Waals surface area (Å²) in [5.74, 6) is 0.666. The SMILES string of the molecule is CCn1cc(S(=O)(=O)Nc2ccc(OC)cc2)c2cccnc21. The first-order chi connectivity index (χ1) is 11.0. The number of nitrogens with zero attached hydrogens (tertiary/aromatic N) is 2. The Balaban J connectivity index is 2.02. The fraction of sp³-hybridized carbons (Fsp3) is 0.188. The van der Waals surface area contributed by atoms with E-state index in [-0.39, 0.29) is 4.90 Å². The summed E-state index contributed by atoms with van der Waals surface area (Å²) in [6.07, 6.45) is 3.27. The van der Waals surface area contributed by atoms with Gasteiger partial charge in [0, 0.05) is 30.0 Å². The maximum Gasteiger partial charge on any atom is 0.264 e. The summed E-state index contributed by atoms with van der Waals surface area (Å²) in [5.41, 5.74) is 1.14. The second kappa shape index (κ2) is 5.92. The van der Waals surface area contributed by atoms with Crippen LogP contribution in [0.3, 0.4) is 0 Å². The number of hydrogen-bond donors (Lipinski definition) is 1. The van der Waals surface area contributed by atoms with E-state index in [2.05, 4.69) is 9.71 Å². The third-order valence-electron chi connectivity index (χ3n) is 3.57. The number of methoxy groups -OCH3 is 1. The Morgan fingerprint density at radius 2 is 1.96 bits per heavy atom. The average Bonchev–Trinajstić information content (AvgIpc) is 2.95. The second-order valence-electron chi connectivity index (χ2n) is 4.99. The summed E-state index contributed by atoms with van der Waals surface area (Å²) in [4.78, 5) is 4.49. The number of aromatic nitrogens is 2. The number of benzene rings is 1. The van der Waals surface area contributed by atoms with Gasteiger partial charge in [-0.15, -0.1) is 0 Å². The van der Waals surface area contributed by atoms with Crippen LogP contribution < -0.4 is 9.46 Å². The molecule has 0 bridgehead atoms. The van der Waals surface area contributed by atoms with Crippen molar-refractivity contribution < 1.29 is 13.2 Å². The Bertz CT molecular complexity index is 931. The Labute approximate surface area is 134 Å². The summed E-state index contributed by atoms with van der Waals surface area (Å²) in [6, 6.07) is 10.2. The zero-order valence-electron chi connectivity index (χ0n) is 12.9. The summed E-state index contributed by atoms with van der Waals surface area (Å²) in [6.45, 7) is 2.59. The highest BCUT2D eigenvalue weighted by molar-refractivity contribution is 7.93. The lowest BCUT2D eigenvalue weighted by molar-refractivity contribution is 0.415. The fourth-order valence-corrected chi connectivity index (χ4v) is 3.69. The number of fused-ring (bicyclic) bond motifs is 1. The molecule has 0 atom stereocenters. The molecule has 0 saturated carbocycles. The van der Waals surface area contributed by atoms with E-state index in [9.17, 15) is 8.42 Å². The minimum absolute atomic E-state index is 0.221. The van der Waals surface area contributed by atoms with Gasteiger partial charge in [0.15, 0.2) is 0 Å². The number of rotatable bonds is 5. The quantitative estimate of drug-likeness (QED) is 0.780. The number of sulfonamides is 1. The average molecular weight is 331 g/mol. The Kier molecular flexibility index (Phi) is 3.96. The van der Waals surface area contributed by atoms with Crippen molar-refractivity contribution in [2.24, 2.45) is 0 Å². The molecule has 2 aromatic heterocycles. The molecule has 23 heavy (non-hydrogen) atoms. The number of ether oxygens (including phenoxy) is 1. The maximum absolute atomic E-state index is 12.7. The van der Waals surface area contributed by atoms with Gasteiger partial charge in [0.2, 0.25) is 0 Å². The predicted molar refractivity (Wildman–Crippen MR) is 89.2 cm³/mol. The van der Waals surface area contributed by atoms with Crippen LogP contribution >= 0.6 is 0 Å². The van der Waals surface area contributed by atoms with Crippen molar-refractivity contribution in [1.29, 1.82) is 0 Å². The van der Waals surface area contributed by atoms with Gasteiger partial charge in [-0.1, -0.05) is 0 Å². The Morgan fingerprint density at radius 3 is 2.61 bits per heavy atom. The van der Waals surface area contributed by atoms with Crippen molar-refractivity contribution >= 4 is 26.7 Å². The first-order valence-electron chi connectivity index (χ1n) is 7.16. The number of pyridine rings is 1. The summed E-state index contributed by atoms with van der Waals surface area (Å²) < 4.78 is 34.9. The molecular weight excluding hydrogens is 314 g/mol. The number of anilines is 1. The van der Waals surface area contributed by atoms with Gasteiger partial charge in [-0.3, -0.25) is 4.72 Å². The third-order valence-corrected chi connectivity index (χ3v) is 4.98. The molecule has 2 heterocycles. The highest BCUT2D eigenvalue weighted by Crippen LogP contribution is 2.26. The molecule has 0 aliphatic carbocycles. The molecule has 120 valence electrons. The molecule has 0 spiro atoms. The summed E-state index contributed by atoms with van der Waals surface area (Å²) >= 11 is 0. The number of hydrogen-bond acceptors (Lipinski definition) is 4. The predicted octanol–water partition coefficient (Wildman–Crippen LogP) is 2.87. The largest absolute Gasteiger partial charge is 0.497 e. The topological polar surface area (TPSA) is 73.2 Å². The van der Waals surface area contributed by atoms with Crippen LogP contribution in [0.2, 0.25) is 0 Å². The first-order valence-corrected chi connectivity index (χ1v) is 8.64. The molecule has 3 aromatic rings. The molecule has 6 nitrogen and oxygen atoms in total. The summed E-state index contributed by atoms with van der Waals surface area (Å²) in [7, 11) is -2.14. The van der Waals surface area contributed by atoms with Crippen molar-refractivity contribution in [1.82, 2.24) is 9.55 Å². The second-order valence-corrected chi connectivity index (χ2v) is 6.64. The number of aryl methyl sites for hydroxylation is 1. The van der Waals surface area contributed by atoms with E-state index in [1.807, 2.05) is 11.5 Å². The van der Waals surface area contributed by atoms with Crippen molar-refractivity contribution in [2.75, 3.05) is 11.8 Å². The molecule has 0 aliphatic heterocycles. The van der Waals surface area contributed by atoms with Gasteiger partial charge in [-0.05, 0) is 43.3 Å². The van der Waals surface area contributed by atoms with Crippen LogP contribution in [0.5, 0.6) is 5.75 Å². The zero-order chi connectivity index (χ0) is 16.4. The van der Waals surface area contributed by atoms with Gasteiger partial charge in [-0.2, -0.15) is 0 Å². The third kappa shape index (κ3) is 2.87. The molecule has 7 heteroatoms. The van der Waals surface area contributed by atoms with Crippen LogP contribution in [0.15, 0.2) is 53.7 Å². The lowest BCUT2D eigenvalue weighted by atomic mass is 10.3. The monoisotopic (exact) mass is 331 g/mol. The molecule has 0 amide bonds. The van der Waals surface area contributed by atoms with E-state index >= 15 is 0 Å². The molecule has 0 fully saturated rings. The number of nitrogens with one attached hydrogen (secondary N) is 1. The molecule has 1 N–H and O–H groups in total. The van der Waals surface area contributed by atoms with Crippen molar-refractivity contribution in [3.05, 3.63) is 48.8 Å². The van der Waals surface area contributed by atoms with Crippen molar-refractivity contribution in [3.8, 4) is 5.75 Å². The van der Waals surface area contributed by atoms with Gasteiger partial charge >= 0.3 is 0 Å².